The van der Waals surface area contributed by atoms with Crippen LogP contribution >= 0.6 is 23.9 Å². The molecular weight excluding hydrogens is 376 g/mol. The van der Waals surface area contributed by atoms with Crippen LogP contribution in [0.3, 0.4) is 0 Å². The summed E-state index contributed by atoms with van der Waals surface area (Å²) < 4.78 is 35.6. The highest BCUT2D eigenvalue weighted by atomic mass is 35.5. The van der Waals surface area contributed by atoms with Gasteiger partial charge >= 0.3 is 5.97 Å². The average molecular weight is 397 g/mol. The zero-order valence-electron chi connectivity index (χ0n) is 13.3. The summed E-state index contributed by atoms with van der Waals surface area (Å²) >= 11 is 0.949. The summed E-state index contributed by atoms with van der Waals surface area (Å²) in [6.07, 6.45) is 0.810. The minimum Gasteiger partial charge on any atom is -0.464 e. The Balaban J connectivity index is 0.00000208. The van der Waals surface area contributed by atoms with Crippen LogP contribution in [0, 0.1) is 0 Å². The molecule has 0 saturated carbocycles. The molecular formula is C13H21ClN4O4S2. The second-order valence-corrected chi connectivity index (χ2v) is 8.15. The van der Waals surface area contributed by atoms with Gasteiger partial charge in [0.05, 0.1) is 7.11 Å². The molecule has 1 N–H and O–H groups in total. The molecule has 0 aliphatic carbocycles. The predicted octanol–water partition coefficient (Wildman–Crippen LogP) is 0.0197. The topological polar surface area (TPSA) is 91.8 Å². The lowest BCUT2D eigenvalue weighted by Gasteiger charge is -2.32. The van der Waals surface area contributed by atoms with Crippen LogP contribution in [0.25, 0.3) is 0 Å². The van der Waals surface area contributed by atoms with Crippen molar-refractivity contribution in [1.82, 2.24) is 18.9 Å². The van der Waals surface area contributed by atoms with Crippen LogP contribution in [-0.4, -0.2) is 80.4 Å². The van der Waals surface area contributed by atoms with Gasteiger partial charge in [-0.1, -0.05) is 0 Å². The van der Waals surface area contributed by atoms with E-state index in [1.165, 1.54) is 16.8 Å². The molecule has 3 rings (SSSR count). The Morgan fingerprint density at radius 2 is 2.08 bits per heavy atom. The number of halogens is 1. The Kier molecular flexibility index (Phi) is 6.57. The quantitative estimate of drug-likeness (QED) is 0.717. The molecule has 0 amide bonds. The minimum atomic E-state index is -3.71. The van der Waals surface area contributed by atoms with Crippen molar-refractivity contribution in [3.63, 3.8) is 0 Å². The van der Waals surface area contributed by atoms with Crippen molar-refractivity contribution in [2.45, 2.75) is 17.4 Å². The SMILES string of the molecule is COC(=O)c1nscc1S(=O)(=O)N1CCC(N2CCNCC2)C1.Cl. The molecule has 3 heterocycles. The number of ether oxygens (including phenoxy) is 1. The molecule has 1 atom stereocenters. The fourth-order valence-electron chi connectivity index (χ4n) is 3.06. The largest absolute Gasteiger partial charge is 0.464 e. The maximum absolute atomic E-state index is 12.8. The number of hydrogen-bond donors (Lipinski definition) is 1. The zero-order chi connectivity index (χ0) is 16.4. The van der Waals surface area contributed by atoms with Crippen LogP contribution < -0.4 is 5.32 Å². The molecule has 1 unspecified atom stereocenters. The second kappa shape index (κ2) is 8.07. The monoisotopic (exact) mass is 396 g/mol. The fourth-order valence-corrected chi connectivity index (χ4v) is 5.64. The van der Waals surface area contributed by atoms with Gasteiger partial charge in [-0.15, -0.1) is 12.4 Å². The summed E-state index contributed by atoms with van der Waals surface area (Å²) in [5, 5.41) is 4.70. The Hall–Kier alpha value is -0.780. The Labute approximate surface area is 151 Å². The van der Waals surface area contributed by atoms with Gasteiger partial charge in [0.1, 0.15) is 4.90 Å². The van der Waals surface area contributed by atoms with E-state index in [-0.39, 0.29) is 29.0 Å². The Bertz CT molecular complexity index is 675. The van der Waals surface area contributed by atoms with Crippen LogP contribution in [0.5, 0.6) is 0 Å². The van der Waals surface area contributed by atoms with Crippen molar-refractivity contribution in [2.75, 3.05) is 46.4 Å². The number of hydrogen-bond acceptors (Lipinski definition) is 8. The summed E-state index contributed by atoms with van der Waals surface area (Å²) in [6.45, 7) is 4.67. The van der Waals surface area contributed by atoms with E-state index in [1.54, 1.807) is 0 Å². The van der Waals surface area contributed by atoms with Crippen LogP contribution in [0.2, 0.25) is 0 Å². The number of piperazine rings is 1. The summed E-state index contributed by atoms with van der Waals surface area (Å²) in [5.41, 5.74) is -0.122. The lowest BCUT2D eigenvalue weighted by atomic mass is 10.2. The van der Waals surface area contributed by atoms with Gasteiger partial charge in [-0.25, -0.2) is 13.2 Å². The normalized spacial score (nSPS) is 23.0. The van der Waals surface area contributed by atoms with E-state index in [9.17, 15) is 13.2 Å². The number of nitrogens with zero attached hydrogens (tertiary/aromatic N) is 3. The van der Waals surface area contributed by atoms with Crippen LogP contribution in [0.4, 0.5) is 0 Å². The van der Waals surface area contributed by atoms with Gasteiger partial charge in [0.25, 0.3) is 0 Å². The van der Waals surface area contributed by atoms with Crippen molar-refractivity contribution in [2.24, 2.45) is 0 Å². The number of aromatic nitrogens is 1. The third kappa shape index (κ3) is 3.73. The molecule has 0 radical (unpaired) electrons. The first kappa shape index (κ1) is 19.5. The summed E-state index contributed by atoms with van der Waals surface area (Å²) in [7, 11) is -2.50. The van der Waals surface area contributed by atoms with Gasteiger partial charge in [0.15, 0.2) is 5.69 Å². The molecule has 2 aliphatic heterocycles. The van der Waals surface area contributed by atoms with Gasteiger partial charge in [-0.3, -0.25) is 4.90 Å². The van der Waals surface area contributed by atoms with Gasteiger partial charge in [0, 0.05) is 50.7 Å². The maximum atomic E-state index is 12.8. The molecule has 0 aromatic carbocycles. The van der Waals surface area contributed by atoms with E-state index >= 15 is 0 Å². The standard InChI is InChI=1S/C13H20N4O4S2.ClH/c1-21-13(18)12-11(9-22-15-12)23(19,20)17-5-2-10(8-17)16-6-3-14-4-7-16;/h9-10,14H,2-8H2,1H3;1H. The maximum Gasteiger partial charge on any atom is 0.359 e. The van der Waals surface area contributed by atoms with E-state index in [1.807, 2.05) is 0 Å². The van der Waals surface area contributed by atoms with Gasteiger partial charge in [-0.05, 0) is 18.0 Å². The highest BCUT2D eigenvalue weighted by Gasteiger charge is 2.38. The molecule has 8 nitrogen and oxygen atoms in total. The summed E-state index contributed by atoms with van der Waals surface area (Å²) in [6, 6.07) is 0.236. The van der Waals surface area contributed by atoms with Crippen LogP contribution in [0.1, 0.15) is 16.9 Å². The first-order valence-electron chi connectivity index (χ1n) is 7.51. The summed E-state index contributed by atoms with van der Waals surface area (Å²) in [4.78, 5) is 14.0. The first-order valence-corrected chi connectivity index (χ1v) is 9.79. The second-order valence-electron chi connectivity index (χ2n) is 5.61. The van der Waals surface area contributed by atoms with E-state index in [0.717, 1.165) is 44.1 Å². The van der Waals surface area contributed by atoms with Crippen molar-refractivity contribution in [3.8, 4) is 0 Å². The average Bonchev–Trinajstić information content (AvgIpc) is 3.24. The Morgan fingerprint density at radius 1 is 1.38 bits per heavy atom. The number of esters is 1. The molecule has 2 saturated heterocycles. The third-order valence-electron chi connectivity index (χ3n) is 4.33. The lowest BCUT2D eigenvalue weighted by molar-refractivity contribution is 0.0590. The molecule has 136 valence electrons. The third-order valence-corrected chi connectivity index (χ3v) is 6.98. The Morgan fingerprint density at radius 3 is 2.75 bits per heavy atom. The van der Waals surface area contributed by atoms with Crippen molar-refractivity contribution < 1.29 is 17.9 Å². The number of carbonyl (C=O) groups excluding carboxylic acids is 1. The number of sulfonamides is 1. The number of rotatable bonds is 4. The molecule has 11 heteroatoms. The van der Waals surface area contributed by atoms with Gasteiger partial charge < -0.3 is 10.1 Å². The predicted molar refractivity (Wildman–Crippen MR) is 92.3 cm³/mol. The van der Waals surface area contributed by atoms with Crippen molar-refractivity contribution in [1.29, 1.82) is 0 Å². The molecule has 2 aliphatic rings. The fraction of sp³-hybridized carbons (Fsp3) is 0.692. The number of carbonyl (C=O) groups is 1. The molecule has 0 spiro atoms. The number of nitrogens with one attached hydrogen (secondary N) is 1. The first-order chi connectivity index (χ1) is 11.0. The summed E-state index contributed by atoms with van der Waals surface area (Å²) in [5.74, 6) is -0.720. The van der Waals surface area contributed by atoms with E-state index in [2.05, 4.69) is 19.3 Å². The van der Waals surface area contributed by atoms with E-state index in [4.69, 9.17) is 0 Å². The number of methoxy groups -OCH3 is 1. The van der Waals surface area contributed by atoms with Gasteiger partial charge in [-0.2, -0.15) is 8.68 Å². The highest BCUT2D eigenvalue weighted by Crippen LogP contribution is 2.27. The molecule has 0 bridgehead atoms. The highest BCUT2D eigenvalue weighted by molar-refractivity contribution is 7.89. The molecule has 2 fully saturated rings. The van der Waals surface area contributed by atoms with E-state index < -0.39 is 16.0 Å². The smallest absolute Gasteiger partial charge is 0.359 e. The van der Waals surface area contributed by atoms with Crippen molar-refractivity contribution in [3.05, 3.63) is 11.1 Å². The molecule has 1 aromatic rings. The molecule has 24 heavy (non-hydrogen) atoms. The van der Waals surface area contributed by atoms with Crippen molar-refractivity contribution >= 4 is 39.9 Å². The van der Waals surface area contributed by atoms with Gasteiger partial charge in [0.2, 0.25) is 10.0 Å². The minimum absolute atomic E-state index is 0. The van der Waals surface area contributed by atoms with Crippen LogP contribution in [-0.2, 0) is 14.8 Å². The molecule has 1 aromatic heterocycles. The zero-order valence-corrected chi connectivity index (χ0v) is 15.8. The van der Waals surface area contributed by atoms with E-state index in [0.29, 0.717) is 13.1 Å². The lowest BCUT2D eigenvalue weighted by Crippen LogP contribution is -2.49. The van der Waals surface area contributed by atoms with Crippen LogP contribution in [0.15, 0.2) is 10.3 Å².